The second-order valence-corrected chi connectivity index (χ2v) is 18.0. The van der Waals surface area contributed by atoms with Crippen molar-refractivity contribution < 1.29 is 9.53 Å². The molecule has 0 atom stereocenters. The van der Waals surface area contributed by atoms with E-state index in [0.29, 0.717) is 13.0 Å². The summed E-state index contributed by atoms with van der Waals surface area (Å²) in [4.78, 5) is 12.1. The fraction of sp³-hybridized carbons (Fsp3) is 0.942. The van der Waals surface area contributed by atoms with Gasteiger partial charge in [-0.1, -0.05) is 270 Å². The summed E-state index contributed by atoms with van der Waals surface area (Å²) in [7, 11) is 0. The van der Waals surface area contributed by atoms with Gasteiger partial charge in [-0.3, -0.25) is 4.79 Å². The van der Waals surface area contributed by atoms with E-state index < -0.39 is 0 Å². The van der Waals surface area contributed by atoms with Gasteiger partial charge in [0.05, 0.1) is 6.61 Å². The fourth-order valence-corrected chi connectivity index (χ4v) is 8.03. The van der Waals surface area contributed by atoms with E-state index in [1.807, 2.05) is 0 Å². The van der Waals surface area contributed by atoms with Crippen LogP contribution in [0.3, 0.4) is 0 Å². The first-order valence-electron chi connectivity index (χ1n) is 25.5. The van der Waals surface area contributed by atoms with Gasteiger partial charge in [0.25, 0.3) is 0 Å². The minimum absolute atomic E-state index is 0.0284. The van der Waals surface area contributed by atoms with E-state index in [4.69, 9.17) is 4.74 Å². The van der Waals surface area contributed by atoms with Crippen molar-refractivity contribution in [3.63, 3.8) is 0 Å². The molecule has 54 heavy (non-hydrogen) atoms. The highest BCUT2D eigenvalue weighted by Gasteiger charge is 2.03. The summed E-state index contributed by atoms with van der Waals surface area (Å²) in [6.45, 7) is 7.61. The van der Waals surface area contributed by atoms with E-state index >= 15 is 0 Å². The predicted molar refractivity (Wildman–Crippen MR) is 244 cm³/mol. The first-order chi connectivity index (χ1) is 26.7. The lowest BCUT2D eigenvalue weighted by atomic mass is 10.0. The maximum Gasteiger partial charge on any atom is 0.305 e. The first-order valence-corrected chi connectivity index (χ1v) is 25.5. The lowest BCUT2D eigenvalue weighted by Crippen LogP contribution is -2.05. The molecule has 0 saturated heterocycles. The van der Waals surface area contributed by atoms with Crippen LogP contribution in [0.25, 0.3) is 0 Å². The Morgan fingerprint density at radius 1 is 0.370 bits per heavy atom. The van der Waals surface area contributed by atoms with E-state index in [9.17, 15) is 4.79 Å². The van der Waals surface area contributed by atoms with E-state index in [-0.39, 0.29) is 5.97 Å². The number of carbonyl (C=O) groups excluding carboxylic acids is 1. The first kappa shape index (κ1) is 53.2. The number of esters is 1. The van der Waals surface area contributed by atoms with Crippen LogP contribution in [0.15, 0.2) is 12.2 Å². The molecule has 0 saturated carbocycles. The number of allylic oxidation sites excluding steroid dienone is 2. The van der Waals surface area contributed by atoms with Crippen LogP contribution in [0.2, 0.25) is 0 Å². The van der Waals surface area contributed by atoms with Gasteiger partial charge < -0.3 is 4.74 Å². The number of hydrogen-bond donors (Lipinski definition) is 0. The van der Waals surface area contributed by atoms with E-state index in [0.717, 1.165) is 18.8 Å². The maximum atomic E-state index is 12.1. The second kappa shape index (κ2) is 48.4. The highest BCUT2D eigenvalue weighted by atomic mass is 16.5. The number of unbranched alkanes of at least 4 members (excludes halogenated alkanes) is 39. The maximum absolute atomic E-state index is 12.1. The molecule has 0 aliphatic carbocycles. The van der Waals surface area contributed by atoms with Crippen LogP contribution >= 0.6 is 0 Å². The van der Waals surface area contributed by atoms with Gasteiger partial charge >= 0.3 is 5.97 Å². The smallest absolute Gasteiger partial charge is 0.305 e. The molecule has 2 heteroatoms. The van der Waals surface area contributed by atoms with E-state index in [1.165, 1.54) is 263 Å². The Kier molecular flexibility index (Phi) is 47.7. The highest BCUT2D eigenvalue weighted by Crippen LogP contribution is 2.17. The molecule has 0 heterocycles. The van der Waals surface area contributed by atoms with Gasteiger partial charge in [0.2, 0.25) is 0 Å². The second-order valence-electron chi connectivity index (χ2n) is 18.0. The highest BCUT2D eigenvalue weighted by molar-refractivity contribution is 5.69. The van der Waals surface area contributed by atoms with Crippen LogP contribution in [0.1, 0.15) is 303 Å². The molecule has 0 spiro atoms. The molecule has 0 fully saturated rings. The van der Waals surface area contributed by atoms with E-state index in [1.54, 1.807) is 0 Å². The van der Waals surface area contributed by atoms with Crippen molar-refractivity contribution in [3.05, 3.63) is 12.2 Å². The third-order valence-electron chi connectivity index (χ3n) is 11.8. The van der Waals surface area contributed by atoms with Crippen LogP contribution in [0.5, 0.6) is 0 Å². The van der Waals surface area contributed by atoms with E-state index in [2.05, 4.69) is 32.9 Å². The normalized spacial score (nSPS) is 11.8. The number of carbonyl (C=O) groups is 1. The Labute approximate surface area is 342 Å². The minimum Gasteiger partial charge on any atom is -0.466 e. The molecular formula is C52H102O2. The Hall–Kier alpha value is -0.790. The molecule has 0 aliphatic rings. The monoisotopic (exact) mass is 759 g/mol. The number of hydrogen-bond acceptors (Lipinski definition) is 2. The Balaban J connectivity index is 3.16. The van der Waals surface area contributed by atoms with Gasteiger partial charge in [0, 0.05) is 6.42 Å². The summed E-state index contributed by atoms with van der Waals surface area (Å²) in [5, 5.41) is 0. The van der Waals surface area contributed by atoms with Crippen molar-refractivity contribution in [2.45, 2.75) is 303 Å². The van der Waals surface area contributed by atoms with Gasteiger partial charge in [-0.05, 0) is 44.4 Å². The van der Waals surface area contributed by atoms with Crippen molar-refractivity contribution in [1.82, 2.24) is 0 Å². The quantitative estimate of drug-likeness (QED) is 0.0351. The van der Waals surface area contributed by atoms with Crippen LogP contribution < -0.4 is 0 Å². The molecule has 0 unspecified atom stereocenters. The van der Waals surface area contributed by atoms with Crippen LogP contribution in [-0.4, -0.2) is 12.6 Å². The number of ether oxygens (including phenoxy) is 1. The van der Waals surface area contributed by atoms with Crippen molar-refractivity contribution >= 4 is 5.97 Å². The lowest BCUT2D eigenvalue weighted by molar-refractivity contribution is -0.143. The average Bonchev–Trinajstić information content (AvgIpc) is 3.16. The molecule has 322 valence electrons. The summed E-state index contributed by atoms with van der Waals surface area (Å²) < 4.78 is 5.49. The average molecular weight is 759 g/mol. The Morgan fingerprint density at radius 2 is 0.648 bits per heavy atom. The van der Waals surface area contributed by atoms with Crippen LogP contribution in [0.4, 0.5) is 0 Å². The topological polar surface area (TPSA) is 26.3 Å². The summed E-state index contributed by atoms with van der Waals surface area (Å²) in [6.07, 6.45) is 64.9. The minimum atomic E-state index is 0.0284. The van der Waals surface area contributed by atoms with Gasteiger partial charge in [0.15, 0.2) is 0 Å². The summed E-state index contributed by atoms with van der Waals surface area (Å²) in [5.74, 6) is 0.915. The third-order valence-corrected chi connectivity index (χ3v) is 11.8. The molecule has 0 radical (unpaired) electrons. The Morgan fingerprint density at radius 3 is 0.981 bits per heavy atom. The number of rotatable bonds is 47. The molecule has 0 bridgehead atoms. The SMILES string of the molecule is CCCCCCCCC=CCCCCCCCCCCCC(=O)OCCCCCCCCCCCCCCCCCCCCCCCCCCCC(C)C. The lowest BCUT2D eigenvalue weighted by Gasteiger charge is -2.06. The summed E-state index contributed by atoms with van der Waals surface area (Å²) >= 11 is 0. The zero-order chi connectivity index (χ0) is 39.1. The van der Waals surface area contributed by atoms with Gasteiger partial charge in [0.1, 0.15) is 0 Å². The molecule has 0 aromatic rings. The molecule has 0 amide bonds. The third kappa shape index (κ3) is 49.2. The van der Waals surface area contributed by atoms with Crippen molar-refractivity contribution in [2.75, 3.05) is 6.61 Å². The standard InChI is InChI=1S/C52H102O2/c1-4-5-6-7-8-9-10-11-12-13-21-25-28-31-34-37-40-43-46-49-52(53)54-50-47-44-41-38-35-32-29-26-23-20-18-16-14-15-17-19-22-24-27-30-33-36-39-42-45-48-51(2)3/h11-12,51H,4-10,13-50H2,1-3H3. The summed E-state index contributed by atoms with van der Waals surface area (Å²) in [5.41, 5.74) is 0. The molecule has 2 nitrogen and oxygen atoms in total. The molecular weight excluding hydrogens is 657 g/mol. The molecule has 0 aromatic heterocycles. The summed E-state index contributed by atoms with van der Waals surface area (Å²) in [6, 6.07) is 0. The van der Waals surface area contributed by atoms with Gasteiger partial charge in [-0.2, -0.15) is 0 Å². The molecule has 0 aromatic carbocycles. The largest absolute Gasteiger partial charge is 0.466 e. The van der Waals surface area contributed by atoms with Crippen molar-refractivity contribution in [2.24, 2.45) is 5.92 Å². The predicted octanol–water partition coefficient (Wildman–Crippen LogP) is 18.9. The van der Waals surface area contributed by atoms with Crippen LogP contribution in [0, 0.1) is 5.92 Å². The Bertz CT molecular complexity index is 711. The zero-order valence-corrected chi connectivity index (χ0v) is 37.9. The fourth-order valence-electron chi connectivity index (χ4n) is 8.03. The van der Waals surface area contributed by atoms with Gasteiger partial charge in [-0.15, -0.1) is 0 Å². The molecule has 0 rings (SSSR count). The van der Waals surface area contributed by atoms with Crippen molar-refractivity contribution in [1.29, 1.82) is 0 Å². The molecule has 0 aliphatic heterocycles. The van der Waals surface area contributed by atoms with Crippen LogP contribution in [-0.2, 0) is 9.53 Å². The van der Waals surface area contributed by atoms with Gasteiger partial charge in [-0.25, -0.2) is 0 Å². The molecule has 0 N–H and O–H groups in total. The van der Waals surface area contributed by atoms with Crippen molar-refractivity contribution in [3.8, 4) is 0 Å². The zero-order valence-electron chi connectivity index (χ0n) is 37.9.